The molecule has 0 saturated carbocycles. The number of aromatic nitrogens is 3. The molecule has 2 aliphatic rings. The summed E-state index contributed by atoms with van der Waals surface area (Å²) in [6.07, 6.45) is 0.000384. The lowest BCUT2D eigenvalue weighted by atomic mass is 9.91. The van der Waals surface area contributed by atoms with Crippen LogP contribution in [0.5, 0.6) is 5.75 Å². The Kier molecular flexibility index (Phi) is 4.53. The Hall–Kier alpha value is -2.48. The fourth-order valence-corrected chi connectivity index (χ4v) is 4.57. The molecule has 1 aromatic carbocycles. The number of nitrogens with zero attached hydrogens (tertiary/aromatic N) is 3. The van der Waals surface area contributed by atoms with E-state index in [9.17, 15) is 5.11 Å². The number of aromatic hydroxyl groups is 1. The molecule has 2 aliphatic heterocycles. The fourth-order valence-electron chi connectivity index (χ4n) is 4.57. The Morgan fingerprint density at radius 3 is 2.72 bits per heavy atom. The van der Waals surface area contributed by atoms with E-state index in [1.807, 2.05) is 19.1 Å². The number of rotatable bonds is 3. The minimum absolute atomic E-state index is 0.000384. The third-order valence-electron chi connectivity index (χ3n) is 6.24. The molecule has 4 atom stereocenters. The zero-order valence-electron chi connectivity index (χ0n) is 17.0. The maximum absolute atomic E-state index is 9.63. The Morgan fingerprint density at radius 2 is 2.00 bits per heavy atom. The normalized spacial score (nSPS) is 27.8. The van der Waals surface area contributed by atoms with E-state index in [4.69, 9.17) is 9.72 Å². The second kappa shape index (κ2) is 7.09. The summed E-state index contributed by atoms with van der Waals surface area (Å²) in [4.78, 5) is 7.34. The average Bonchev–Trinajstić information content (AvgIpc) is 3.05. The topological polar surface area (TPSA) is 86.3 Å². The van der Waals surface area contributed by atoms with E-state index in [-0.39, 0.29) is 11.9 Å². The number of benzene rings is 1. The standard InChI is InChI=1S/C22H27N5O2/c1-12-10-27(13(2)9-23-12)19-11-29-21(19)17-8-18(15-4-6-16(28)7-5-15)24-22-20(17)14(3)25-26-22/h4-8,12-13,19,21,23,28H,9-11H2,1-3H3,(H,24,25,26). The van der Waals surface area contributed by atoms with Gasteiger partial charge in [-0.15, -0.1) is 0 Å². The minimum atomic E-state index is 0.000384. The average molecular weight is 393 g/mol. The third kappa shape index (κ3) is 3.19. The van der Waals surface area contributed by atoms with E-state index in [0.29, 0.717) is 23.8 Å². The van der Waals surface area contributed by atoms with Crippen molar-refractivity contribution in [2.75, 3.05) is 19.7 Å². The van der Waals surface area contributed by atoms with Crippen LogP contribution in [0.2, 0.25) is 0 Å². The van der Waals surface area contributed by atoms with Crippen LogP contribution in [0.4, 0.5) is 0 Å². The number of piperazine rings is 1. The van der Waals surface area contributed by atoms with Crippen molar-refractivity contribution in [2.45, 2.75) is 45.0 Å². The van der Waals surface area contributed by atoms with Crippen LogP contribution in [0.25, 0.3) is 22.3 Å². The molecule has 0 amide bonds. The van der Waals surface area contributed by atoms with Crippen LogP contribution in [0.1, 0.15) is 31.2 Å². The molecule has 0 bridgehead atoms. The van der Waals surface area contributed by atoms with E-state index >= 15 is 0 Å². The first-order chi connectivity index (χ1) is 14.0. The van der Waals surface area contributed by atoms with Gasteiger partial charge in [-0.3, -0.25) is 10.00 Å². The van der Waals surface area contributed by atoms with Gasteiger partial charge < -0.3 is 15.2 Å². The highest BCUT2D eigenvalue weighted by Gasteiger charge is 2.42. The van der Waals surface area contributed by atoms with Crippen LogP contribution >= 0.6 is 0 Å². The van der Waals surface area contributed by atoms with Crippen molar-refractivity contribution in [1.29, 1.82) is 0 Å². The Labute approximate surface area is 170 Å². The number of nitrogens with one attached hydrogen (secondary N) is 2. The summed E-state index contributed by atoms with van der Waals surface area (Å²) in [6.45, 7) is 9.32. The summed E-state index contributed by atoms with van der Waals surface area (Å²) < 4.78 is 6.14. The quantitative estimate of drug-likeness (QED) is 0.634. The number of hydrogen-bond donors (Lipinski definition) is 3. The molecule has 2 fully saturated rings. The maximum Gasteiger partial charge on any atom is 0.182 e. The number of aromatic amines is 1. The summed E-state index contributed by atoms with van der Waals surface area (Å²) in [5.74, 6) is 0.245. The molecular weight excluding hydrogens is 366 g/mol. The van der Waals surface area contributed by atoms with Crippen molar-refractivity contribution < 1.29 is 9.84 Å². The fraction of sp³-hybridized carbons (Fsp3) is 0.455. The summed E-state index contributed by atoms with van der Waals surface area (Å²) in [6, 6.07) is 10.6. The van der Waals surface area contributed by atoms with Crippen molar-refractivity contribution in [2.24, 2.45) is 0 Å². The van der Waals surface area contributed by atoms with Crippen LogP contribution in [-0.2, 0) is 4.74 Å². The van der Waals surface area contributed by atoms with E-state index in [1.54, 1.807) is 12.1 Å². The zero-order valence-corrected chi connectivity index (χ0v) is 17.0. The summed E-state index contributed by atoms with van der Waals surface area (Å²) in [7, 11) is 0. The summed E-state index contributed by atoms with van der Waals surface area (Å²) in [5, 5.41) is 21.8. The van der Waals surface area contributed by atoms with Crippen LogP contribution in [0.3, 0.4) is 0 Å². The summed E-state index contributed by atoms with van der Waals surface area (Å²) in [5.41, 5.74) is 4.65. The highest BCUT2D eigenvalue weighted by Crippen LogP contribution is 2.40. The molecule has 2 aromatic heterocycles. The van der Waals surface area contributed by atoms with Crippen molar-refractivity contribution >= 4 is 11.0 Å². The first kappa shape index (κ1) is 18.5. The SMILES string of the molecule is Cc1[nH]nc2nc(-c3ccc(O)cc3)cc(C3OCC3N3CC(C)NCC3C)c12. The number of ether oxygens (including phenoxy) is 1. The highest BCUT2D eigenvalue weighted by molar-refractivity contribution is 5.85. The van der Waals surface area contributed by atoms with E-state index in [1.165, 1.54) is 0 Å². The maximum atomic E-state index is 9.63. The lowest BCUT2D eigenvalue weighted by molar-refractivity contribution is -0.151. The van der Waals surface area contributed by atoms with Gasteiger partial charge in [0.25, 0.3) is 0 Å². The number of hydrogen-bond acceptors (Lipinski definition) is 6. The zero-order chi connectivity index (χ0) is 20.1. The molecular formula is C22H27N5O2. The smallest absolute Gasteiger partial charge is 0.182 e. The van der Waals surface area contributed by atoms with E-state index in [2.05, 4.69) is 40.3 Å². The number of aryl methyl sites for hydroxylation is 1. The van der Waals surface area contributed by atoms with Gasteiger partial charge in [0.15, 0.2) is 5.65 Å². The first-order valence-corrected chi connectivity index (χ1v) is 10.3. The van der Waals surface area contributed by atoms with Gasteiger partial charge >= 0.3 is 0 Å². The summed E-state index contributed by atoms with van der Waals surface area (Å²) >= 11 is 0. The van der Waals surface area contributed by atoms with Gasteiger partial charge in [-0.1, -0.05) is 0 Å². The van der Waals surface area contributed by atoms with E-state index < -0.39 is 0 Å². The van der Waals surface area contributed by atoms with Crippen LogP contribution in [0.15, 0.2) is 30.3 Å². The molecule has 0 aliphatic carbocycles. The number of phenolic OH excluding ortho intramolecular Hbond substituents is 1. The lowest BCUT2D eigenvalue weighted by Gasteiger charge is -2.50. The molecule has 2 saturated heterocycles. The minimum Gasteiger partial charge on any atom is -0.508 e. The molecule has 3 aromatic rings. The number of fused-ring (bicyclic) bond motifs is 1. The molecule has 0 spiro atoms. The highest BCUT2D eigenvalue weighted by atomic mass is 16.5. The molecule has 0 radical (unpaired) electrons. The van der Waals surface area contributed by atoms with Crippen molar-refractivity contribution in [3.8, 4) is 17.0 Å². The Bertz CT molecular complexity index is 1030. The van der Waals surface area contributed by atoms with Gasteiger partial charge in [-0.25, -0.2) is 4.98 Å². The molecule has 29 heavy (non-hydrogen) atoms. The molecule has 152 valence electrons. The number of pyridine rings is 1. The van der Waals surface area contributed by atoms with Crippen molar-refractivity contribution in [3.63, 3.8) is 0 Å². The predicted molar refractivity (Wildman–Crippen MR) is 112 cm³/mol. The van der Waals surface area contributed by atoms with Crippen molar-refractivity contribution in [3.05, 3.63) is 41.6 Å². The number of H-pyrrole nitrogens is 1. The monoisotopic (exact) mass is 393 g/mol. The van der Waals surface area contributed by atoms with Crippen LogP contribution < -0.4 is 5.32 Å². The van der Waals surface area contributed by atoms with Gasteiger partial charge in [0, 0.05) is 41.8 Å². The molecule has 4 unspecified atom stereocenters. The molecule has 4 heterocycles. The van der Waals surface area contributed by atoms with Gasteiger partial charge in [0.05, 0.1) is 18.3 Å². The third-order valence-corrected chi connectivity index (χ3v) is 6.24. The largest absolute Gasteiger partial charge is 0.508 e. The molecule has 3 N–H and O–H groups in total. The van der Waals surface area contributed by atoms with Crippen LogP contribution in [-0.4, -0.2) is 63.0 Å². The predicted octanol–water partition coefficient (Wildman–Crippen LogP) is 2.76. The number of phenols is 1. The van der Waals surface area contributed by atoms with Gasteiger partial charge in [-0.05, 0) is 56.7 Å². The molecule has 7 heteroatoms. The van der Waals surface area contributed by atoms with E-state index in [0.717, 1.165) is 47.6 Å². The van der Waals surface area contributed by atoms with Gasteiger partial charge in [-0.2, -0.15) is 5.10 Å². The first-order valence-electron chi connectivity index (χ1n) is 10.3. The molecule has 7 nitrogen and oxygen atoms in total. The lowest BCUT2D eigenvalue weighted by Crippen LogP contribution is -2.63. The second-order valence-electron chi connectivity index (χ2n) is 8.37. The van der Waals surface area contributed by atoms with Gasteiger partial charge in [0.2, 0.25) is 0 Å². The Balaban J connectivity index is 1.56. The Morgan fingerprint density at radius 1 is 1.21 bits per heavy atom. The second-order valence-corrected chi connectivity index (χ2v) is 8.37. The molecule has 5 rings (SSSR count). The van der Waals surface area contributed by atoms with Crippen LogP contribution in [0, 0.1) is 6.92 Å². The van der Waals surface area contributed by atoms with Gasteiger partial charge in [0.1, 0.15) is 11.9 Å². The van der Waals surface area contributed by atoms with Crippen molar-refractivity contribution in [1.82, 2.24) is 25.4 Å².